The van der Waals surface area contributed by atoms with E-state index in [4.69, 9.17) is 15.2 Å². The number of para-hydroxylation sites is 1. The van der Waals surface area contributed by atoms with Crippen molar-refractivity contribution in [2.24, 2.45) is 0 Å². The Hall–Kier alpha value is -4.76. The quantitative estimate of drug-likeness (QED) is 0.137. The van der Waals surface area contributed by atoms with Crippen molar-refractivity contribution < 1.29 is 36.0 Å². The third kappa shape index (κ3) is 6.58. The molecule has 1 unspecified atom stereocenters. The SMILES string of the molecule is Cc1cc(Oc2c(F)cccc2F)ncc1-n1ncc(C(=O)c2cc3cc(OCC(F)F)c(C4CCN(S(C)=O)CC4)cc3[nH]2)c1N. The first-order valence-electron chi connectivity index (χ1n) is 14.6. The number of anilines is 1. The Morgan fingerprint density at radius 3 is 2.51 bits per heavy atom. The van der Waals surface area contributed by atoms with Crippen LogP contribution in [-0.4, -0.2) is 66.4 Å². The highest BCUT2D eigenvalue weighted by molar-refractivity contribution is 7.81. The molecule has 3 aromatic heterocycles. The van der Waals surface area contributed by atoms with E-state index in [1.165, 1.54) is 29.2 Å². The highest BCUT2D eigenvalue weighted by Gasteiger charge is 2.27. The van der Waals surface area contributed by atoms with Gasteiger partial charge in [0.25, 0.3) is 6.43 Å². The molecule has 6 rings (SSSR count). The van der Waals surface area contributed by atoms with Gasteiger partial charge in [-0.3, -0.25) is 4.79 Å². The summed E-state index contributed by atoms with van der Waals surface area (Å²) in [5.41, 5.74) is 8.97. The molecular formula is C32H30F4N6O4S. The second kappa shape index (κ2) is 13.2. The number of nitrogen functional groups attached to an aromatic ring is 1. The number of fused-ring (bicyclic) bond motifs is 1. The van der Waals surface area contributed by atoms with E-state index in [1.54, 1.807) is 25.3 Å². The molecule has 1 fully saturated rings. The van der Waals surface area contributed by atoms with Crippen LogP contribution in [0.2, 0.25) is 0 Å². The number of halogens is 4. The van der Waals surface area contributed by atoms with Crippen LogP contribution < -0.4 is 15.2 Å². The van der Waals surface area contributed by atoms with Gasteiger partial charge < -0.3 is 20.2 Å². The molecule has 3 N–H and O–H groups in total. The number of rotatable bonds is 10. The third-order valence-corrected chi connectivity index (χ3v) is 9.17. The number of piperidine rings is 1. The van der Waals surface area contributed by atoms with Gasteiger partial charge in [-0.25, -0.2) is 35.7 Å². The number of carbonyl (C=O) groups is 1. The monoisotopic (exact) mass is 670 g/mol. The van der Waals surface area contributed by atoms with Gasteiger partial charge in [-0.2, -0.15) is 5.10 Å². The van der Waals surface area contributed by atoms with E-state index in [-0.39, 0.29) is 28.9 Å². The average Bonchev–Trinajstić information content (AvgIpc) is 3.64. The van der Waals surface area contributed by atoms with E-state index in [0.29, 0.717) is 53.8 Å². The predicted octanol–water partition coefficient (Wildman–Crippen LogP) is 6.06. The Labute approximate surface area is 269 Å². The van der Waals surface area contributed by atoms with Crippen LogP contribution >= 0.6 is 0 Å². The minimum Gasteiger partial charge on any atom is -0.487 e. The number of aryl methyl sites for hydroxylation is 1. The smallest absolute Gasteiger partial charge is 0.272 e. The van der Waals surface area contributed by atoms with E-state index >= 15 is 0 Å². The fraction of sp³-hybridized carbons (Fsp3) is 0.281. The molecule has 47 heavy (non-hydrogen) atoms. The standard InChI is InChI=1S/C32H30F4N6O4S/c1-17-10-29(46-31-22(33)4-3-5-23(31)34)38-15-26(17)42-32(37)21(14-39-42)30(43)25-11-19-12-27(45-16-28(35)36)20(13-24(19)40-25)18-6-8-41(9-7-18)47(2)44/h3-5,10-15,18,28,40H,6-9,16,37H2,1-2H3. The van der Waals surface area contributed by atoms with Gasteiger partial charge in [0, 0.05) is 36.3 Å². The maximum absolute atomic E-state index is 14.0. The van der Waals surface area contributed by atoms with Gasteiger partial charge in [-0.05, 0) is 67.1 Å². The number of ether oxygens (including phenoxy) is 2. The lowest BCUT2D eigenvalue weighted by Gasteiger charge is -2.31. The summed E-state index contributed by atoms with van der Waals surface area (Å²) in [5.74, 6) is -2.54. The van der Waals surface area contributed by atoms with E-state index < -0.39 is 47.2 Å². The normalized spacial score (nSPS) is 15.0. The number of aromatic nitrogens is 4. The topological polar surface area (TPSA) is 128 Å². The number of carbonyl (C=O) groups excluding carboxylic acids is 1. The molecule has 1 aliphatic rings. The van der Waals surface area contributed by atoms with Gasteiger partial charge in [-0.1, -0.05) is 6.07 Å². The molecule has 0 saturated carbocycles. The highest BCUT2D eigenvalue weighted by atomic mass is 32.2. The molecule has 0 radical (unpaired) electrons. The fourth-order valence-electron chi connectivity index (χ4n) is 5.67. The number of hydrogen-bond donors (Lipinski definition) is 2. The molecule has 1 atom stereocenters. The number of alkyl halides is 2. The van der Waals surface area contributed by atoms with Gasteiger partial charge in [0.2, 0.25) is 17.4 Å². The number of ketones is 1. The Bertz CT molecular complexity index is 1970. The molecule has 2 aromatic carbocycles. The number of aromatic amines is 1. The number of benzene rings is 2. The Morgan fingerprint density at radius 2 is 1.85 bits per heavy atom. The number of nitrogens with one attached hydrogen (secondary N) is 1. The zero-order chi connectivity index (χ0) is 33.4. The van der Waals surface area contributed by atoms with Crippen molar-refractivity contribution in [3.63, 3.8) is 0 Å². The minimum absolute atomic E-state index is 0.0115. The number of pyridine rings is 1. The molecule has 10 nitrogen and oxygen atoms in total. The molecule has 0 aliphatic carbocycles. The molecule has 0 bridgehead atoms. The van der Waals surface area contributed by atoms with Gasteiger partial charge >= 0.3 is 0 Å². The first-order chi connectivity index (χ1) is 22.5. The van der Waals surface area contributed by atoms with Crippen molar-refractivity contribution in [1.29, 1.82) is 0 Å². The van der Waals surface area contributed by atoms with E-state index in [1.807, 2.05) is 10.4 Å². The van der Waals surface area contributed by atoms with Gasteiger partial charge in [-0.15, -0.1) is 0 Å². The predicted molar refractivity (Wildman–Crippen MR) is 168 cm³/mol. The van der Waals surface area contributed by atoms with Crippen molar-refractivity contribution in [2.75, 3.05) is 31.7 Å². The summed E-state index contributed by atoms with van der Waals surface area (Å²) in [4.78, 5) is 20.9. The Kier molecular flexibility index (Phi) is 9.01. The van der Waals surface area contributed by atoms with Crippen molar-refractivity contribution in [3.8, 4) is 23.1 Å². The summed E-state index contributed by atoms with van der Waals surface area (Å²) in [7, 11) is -1.10. The summed E-state index contributed by atoms with van der Waals surface area (Å²) in [6, 6.07) is 9.86. The Morgan fingerprint density at radius 1 is 1.13 bits per heavy atom. The third-order valence-electron chi connectivity index (χ3n) is 8.08. The molecule has 0 amide bonds. The number of nitrogens with zero attached hydrogens (tertiary/aromatic N) is 4. The lowest BCUT2D eigenvalue weighted by molar-refractivity contribution is 0.0811. The van der Waals surface area contributed by atoms with Crippen LogP contribution in [0.25, 0.3) is 16.6 Å². The van der Waals surface area contributed by atoms with Crippen LogP contribution in [0.4, 0.5) is 23.4 Å². The second-order valence-electron chi connectivity index (χ2n) is 11.1. The maximum atomic E-state index is 14.0. The summed E-state index contributed by atoms with van der Waals surface area (Å²) in [5, 5.41) is 4.86. The molecule has 0 spiro atoms. The highest BCUT2D eigenvalue weighted by Crippen LogP contribution is 2.38. The Balaban J connectivity index is 1.27. The second-order valence-corrected chi connectivity index (χ2v) is 12.5. The van der Waals surface area contributed by atoms with E-state index in [2.05, 4.69) is 15.1 Å². The molecular weight excluding hydrogens is 640 g/mol. The number of hydrogen-bond acceptors (Lipinski definition) is 7. The number of H-pyrrole nitrogens is 1. The first kappa shape index (κ1) is 32.2. The molecule has 5 aromatic rings. The van der Waals surface area contributed by atoms with E-state index in [0.717, 1.165) is 17.7 Å². The largest absolute Gasteiger partial charge is 0.487 e. The lowest BCUT2D eigenvalue weighted by Crippen LogP contribution is -2.34. The number of nitrogens with two attached hydrogens (primary N) is 1. The van der Waals surface area contributed by atoms with Crippen molar-refractivity contribution in [3.05, 3.63) is 88.9 Å². The molecule has 15 heteroatoms. The fourth-order valence-corrected chi connectivity index (χ4v) is 6.40. The molecule has 246 valence electrons. The van der Waals surface area contributed by atoms with Crippen LogP contribution in [0.5, 0.6) is 17.4 Å². The van der Waals surface area contributed by atoms with Gasteiger partial charge in [0.05, 0.1) is 40.3 Å². The van der Waals surface area contributed by atoms with Crippen LogP contribution in [0.15, 0.2) is 54.9 Å². The first-order valence-corrected chi connectivity index (χ1v) is 16.1. The molecule has 1 saturated heterocycles. The summed E-state index contributed by atoms with van der Waals surface area (Å²) in [6.07, 6.45) is 2.97. The minimum atomic E-state index is -2.66. The van der Waals surface area contributed by atoms with Crippen LogP contribution in [-0.2, 0) is 11.0 Å². The lowest BCUT2D eigenvalue weighted by atomic mass is 9.89. The molecule has 4 heterocycles. The van der Waals surface area contributed by atoms with Gasteiger partial charge in [0.15, 0.2) is 11.6 Å². The zero-order valence-electron chi connectivity index (χ0n) is 25.3. The van der Waals surface area contributed by atoms with Crippen molar-refractivity contribution >= 4 is 33.5 Å². The summed E-state index contributed by atoms with van der Waals surface area (Å²) in [6.45, 7) is 2.10. The average molecular weight is 671 g/mol. The van der Waals surface area contributed by atoms with Crippen LogP contribution in [0, 0.1) is 18.6 Å². The van der Waals surface area contributed by atoms with Crippen LogP contribution in [0.1, 0.15) is 45.9 Å². The zero-order valence-corrected chi connectivity index (χ0v) is 26.1. The van der Waals surface area contributed by atoms with E-state index in [9.17, 15) is 26.6 Å². The van der Waals surface area contributed by atoms with Crippen molar-refractivity contribution in [1.82, 2.24) is 24.1 Å². The van der Waals surface area contributed by atoms with Crippen molar-refractivity contribution in [2.45, 2.75) is 32.1 Å². The van der Waals surface area contributed by atoms with Gasteiger partial charge in [0.1, 0.15) is 18.2 Å². The maximum Gasteiger partial charge on any atom is 0.272 e. The summed E-state index contributed by atoms with van der Waals surface area (Å²) < 4.78 is 80.2. The molecule has 1 aliphatic heterocycles. The summed E-state index contributed by atoms with van der Waals surface area (Å²) >= 11 is 0. The van der Waals surface area contributed by atoms with Crippen LogP contribution in [0.3, 0.4) is 0 Å².